The standard InChI is InChI=1S/C52H57Cl2FN8O7S/c1-31-41-32(2)45(54)46(44(31)53)69-38(27-61-19-17-60(4)18-20-61)29-67-37-9-10-39(68-28-36-11-14-56-51(59-36)62-15-12-52(3,13-16-62)63-21-23-66-24-22-63)34(25-37)26-40(50(64)65)70-48-43-42(41)47(71-49(43)58-30-57-48)33-5-7-35(55)8-6-33/h5-11,14,25,30,38,40H,12-13,15-24,26-29H2,1-4H3,(H,64,65)/t38?,40-/m1/s1. The van der Waals surface area contributed by atoms with Crippen molar-refractivity contribution >= 4 is 56.7 Å². The van der Waals surface area contributed by atoms with Crippen molar-refractivity contribution in [2.24, 2.45) is 0 Å². The number of fused-ring (bicyclic) bond motifs is 7. The second-order valence-corrected chi connectivity index (χ2v) is 20.8. The van der Waals surface area contributed by atoms with Crippen molar-refractivity contribution in [2.75, 3.05) is 90.7 Å². The second kappa shape index (κ2) is 21.0. The average Bonchev–Trinajstić information content (AvgIpc) is 3.77. The van der Waals surface area contributed by atoms with E-state index >= 15 is 0 Å². The number of thiophene rings is 1. The molecule has 1 unspecified atom stereocenters. The molecule has 3 aromatic carbocycles. The molecule has 3 fully saturated rings. The third-order valence-electron chi connectivity index (χ3n) is 14.3. The third-order valence-corrected chi connectivity index (χ3v) is 16.4. The number of nitrogens with zero attached hydrogens (tertiary/aromatic N) is 8. The molecule has 3 saturated heterocycles. The number of hydrogen-bond donors (Lipinski definition) is 1. The van der Waals surface area contributed by atoms with Crippen LogP contribution in [0.25, 0.3) is 31.8 Å². The van der Waals surface area contributed by atoms with E-state index in [1.807, 2.05) is 19.9 Å². The van der Waals surface area contributed by atoms with Crippen molar-refractivity contribution in [3.63, 3.8) is 0 Å². The fourth-order valence-electron chi connectivity index (χ4n) is 10.1. The molecular weight excluding hydrogens is 971 g/mol. The molecule has 15 nitrogen and oxygen atoms in total. The van der Waals surface area contributed by atoms with E-state index in [9.17, 15) is 14.3 Å². The van der Waals surface area contributed by atoms with E-state index in [-0.39, 0.29) is 31.1 Å². The van der Waals surface area contributed by atoms with Crippen LogP contribution in [-0.2, 0) is 22.6 Å². The summed E-state index contributed by atoms with van der Waals surface area (Å²) in [6, 6.07) is 13.3. The van der Waals surface area contributed by atoms with E-state index < -0.39 is 24.0 Å². The number of carboxylic acids is 1. The van der Waals surface area contributed by atoms with E-state index in [1.54, 1.807) is 36.5 Å². The molecule has 374 valence electrons. The zero-order chi connectivity index (χ0) is 49.4. The maximum Gasteiger partial charge on any atom is 0.345 e. The summed E-state index contributed by atoms with van der Waals surface area (Å²) in [5.74, 6) is 0.291. The Hall–Kier alpha value is -5.40. The van der Waals surface area contributed by atoms with Crippen molar-refractivity contribution in [3.05, 3.63) is 99.3 Å². The number of piperidine rings is 1. The van der Waals surface area contributed by atoms with Crippen LogP contribution in [0.5, 0.6) is 23.1 Å². The molecule has 0 radical (unpaired) electrons. The van der Waals surface area contributed by atoms with Crippen LogP contribution in [0.15, 0.2) is 61.1 Å². The number of rotatable bonds is 9. The maximum absolute atomic E-state index is 14.4. The van der Waals surface area contributed by atoms with Gasteiger partial charge in [0, 0.05) is 93.1 Å². The van der Waals surface area contributed by atoms with Crippen molar-refractivity contribution in [1.29, 1.82) is 0 Å². The Bertz CT molecular complexity index is 2880. The van der Waals surface area contributed by atoms with Gasteiger partial charge in [-0.25, -0.2) is 29.1 Å². The first-order chi connectivity index (χ1) is 34.3. The Morgan fingerprint density at radius 1 is 0.915 bits per heavy atom. The minimum Gasteiger partial charge on any atom is -0.490 e. The molecule has 5 aliphatic heterocycles. The van der Waals surface area contributed by atoms with Crippen LogP contribution < -0.4 is 23.8 Å². The number of halogens is 3. The van der Waals surface area contributed by atoms with Crippen LogP contribution in [0.4, 0.5) is 10.3 Å². The minimum absolute atomic E-state index is 0.0382. The summed E-state index contributed by atoms with van der Waals surface area (Å²) in [5, 5.41) is 12.0. The van der Waals surface area contributed by atoms with Gasteiger partial charge in [0.25, 0.3) is 0 Å². The van der Waals surface area contributed by atoms with E-state index in [2.05, 4.69) is 48.5 Å². The van der Waals surface area contributed by atoms with Gasteiger partial charge in [-0.15, -0.1) is 11.3 Å². The topological polar surface area (TPSA) is 148 Å². The molecule has 0 spiro atoms. The first kappa shape index (κ1) is 49.2. The highest BCUT2D eigenvalue weighted by atomic mass is 35.5. The summed E-state index contributed by atoms with van der Waals surface area (Å²) in [4.78, 5) is 42.9. The zero-order valence-electron chi connectivity index (χ0n) is 40.3. The minimum atomic E-state index is -1.46. The summed E-state index contributed by atoms with van der Waals surface area (Å²) >= 11 is 16.0. The largest absolute Gasteiger partial charge is 0.490 e. The van der Waals surface area contributed by atoms with Crippen molar-refractivity contribution in [2.45, 2.75) is 64.4 Å². The molecule has 11 rings (SSSR count). The molecule has 2 atom stereocenters. The van der Waals surface area contributed by atoms with E-state index in [0.29, 0.717) is 94.0 Å². The molecule has 8 heterocycles. The molecule has 0 amide bonds. The van der Waals surface area contributed by atoms with Crippen LogP contribution in [0.3, 0.4) is 0 Å². The Balaban J connectivity index is 1.01. The third kappa shape index (κ3) is 10.5. The number of hydrogen-bond acceptors (Lipinski definition) is 15. The van der Waals surface area contributed by atoms with Crippen LogP contribution >= 0.6 is 34.5 Å². The highest BCUT2D eigenvalue weighted by molar-refractivity contribution is 7.22. The van der Waals surface area contributed by atoms with Gasteiger partial charge in [-0.05, 0) is 99.3 Å². The fraction of sp³-hybridized carbons (Fsp3) is 0.442. The molecule has 6 aromatic rings. The average molecular weight is 1030 g/mol. The van der Waals surface area contributed by atoms with Crippen LogP contribution in [-0.4, -0.2) is 149 Å². The van der Waals surface area contributed by atoms with Gasteiger partial charge in [0.2, 0.25) is 17.9 Å². The number of aliphatic carboxylic acids is 1. The SMILES string of the molecule is Cc1c(Cl)c2c(Cl)c(C)c1-c1c(-c3ccc(F)cc3)sc3ncnc(c13)O[C@@H](C(=O)O)Cc1cc(ccc1OCc1ccnc(N3CCC(C)(N4CCOCC4)CC3)n1)OCC(CN1CCN(C)CC1)O2. The smallest absolute Gasteiger partial charge is 0.345 e. The van der Waals surface area contributed by atoms with Gasteiger partial charge in [-0.2, -0.15) is 0 Å². The maximum atomic E-state index is 14.4. The predicted octanol–water partition coefficient (Wildman–Crippen LogP) is 8.61. The number of carbonyl (C=O) groups is 1. The summed E-state index contributed by atoms with van der Waals surface area (Å²) < 4.78 is 46.5. The van der Waals surface area contributed by atoms with Gasteiger partial charge in [0.15, 0.2) is 5.75 Å². The van der Waals surface area contributed by atoms with Crippen LogP contribution in [0.1, 0.15) is 42.1 Å². The number of benzene rings is 3. The molecule has 4 bridgehead atoms. The Kier molecular flexibility index (Phi) is 14.5. The molecule has 0 saturated carbocycles. The number of carboxylic acid groups (broad SMARTS) is 1. The number of anilines is 1. The normalized spacial score (nSPS) is 20.2. The Morgan fingerprint density at radius 3 is 2.37 bits per heavy atom. The van der Waals surface area contributed by atoms with Gasteiger partial charge in [-0.1, -0.05) is 35.3 Å². The molecule has 0 aliphatic carbocycles. The number of likely N-dealkylation sites (N-methyl/N-ethyl adjacent to an activating group) is 1. The lowest BCUT2D eigenvalue weighted by Gasteiger charge is -2.48. The summed E-state index contributed by atoms with van der Waals surface area (Å²) in [5.41, 5.74) is 4.60. The highest BCUT2D eigenvalue weighted by Gasteiger charge is 2.37. The number of morpholine rings is 1. The van der Waals surface area contributed by atoms with Crippen LogP contribution in [0, 0.1) is 19.7 Å². The molecule has 3 aromatic heterocycles. The molecule has 1 N–H and O–H groups in total. The quantitative estimate of drug-likeness (QED) is 0.147. The molecule has 71 heavy (non-hydrogen) atoms. The lowest BCUT2D eigenvalue weighted by molar-refractivity contribution is -0.145. The number of ether oxygens (including phenoxy) is 5. The molecule has 19 heteroatoms. The molecule has 5 aliphatic rings. The van der Waals surface area contributed by atoms with Crippen molar-refractivity contribution in [1.82, 2.24) is 34.6 Å². The summed E-state index contributed by atoms with van der Waals surface area (Å²) in [7, 11) is 2.11. The van der Waals surface area contributed by atoms with E-state index in [4.69, 9.17) is 51.9 Å². The lowest BCUT2D eigenvalue weighted by atomic mass is 9.87. The van der Waals surface area contributed by atoms with Gasteiger partial charge < -0.3 is 38.6 Å². The van der Waals surface area contributed by atoms with Gasteiger partial charge in [0.1, 0.15) is 47.8 Å². The Morgan fingerprint density at radius 2 is 1.65 bits per heavy atom. The number of piperazine rings is 1. The second-order valence-electron chi connectivity index (χ2n) is 19.0. The highest BCUT2D eigenvalue weighted by Crippen LogP contribution is 2.53. The van der Waals surface area contributed by atoms with Crippen molar-refractivity contribution in [3.8, 4) is 44.7 Å². The first-order valence-electron chi connectivity index (χ1n) is 24.1. The summed E-state index contributed by atoms with van der Waals surface area (Å²) in [6.45, 7) is 15.4. The Labute approximate surface area is 426 Å². The fourth-order valence-corrected chi connectivity index (χ4v) is 11.8. The molecular formula is C52H57Cl2FN8O7S. The first-order valence-corrected chi connectivity index (χ1v) is 25.7. The van der Waals surface area contributed by atoms with Gasteiger partial charge in [-0.3, -0.25) is 9.80 Å². The van der Waals surface area contributed by atoms with Crippen LogP contribution in [0.2, 0.25) is 10.0 Å². The summed E-state index contributed by atoms with van der Waals surface area (Å²) in [6.07, 6.45) is 2.95. The monoisotopic (exact) mass is 1030 g/mol. The number of aromatic nitrogens is 4. The zero-order valence-corrected chi connectivity index (χ0v) is 42.6. The predicted molar refractivity (Wildman–Crippen MR) is 272 cm³/mol. The van der Waals surface area contributed by atoms with E-state index in [1.165, 1.54) is 29.8 Å². The van der Waals surface area contributed by atoms with Gasteiger partial charge in [0.05, 0.1) is 34.3 Å². The van der Waals surface area contributed by atoms with E-state index in [0.717, 1.165) is 78.4 Å². The van der Waals surface area contributed by atoms with Crippen molar-refractivity contribution < 1.29 is 38.0 Å². The van der Waals surface area contributed by atoms with Gasteiger partial charge >= 0.3 is 5.97 Å². The lowest BCUT2D eigenvalue weighted by Crippen LogP contribution is -2.57.